The van der Waals surface area contributed by atoms with Crippen LogP contribution >= 0.6 is 23.1 Å². The van der Waals surface area contributed by atoms with Crippen LogP contribution in [0.5, 0.6) is 0 Å². The van der Waals surface area contributed by atoms with Gasteiger partial charge in [0.05, 0.1) is 5.56 Å². The minimum absolute atomic E-state index is 0.799. The van der Waals surface area contributed by atoms with Crippen molar-refractivity contribution in [2.45, 2.75) is 4.90 Å². The summed E-state index contributed by atoms with van der Waals surface area (Å²) in [4.78, 5) is 1.09. The molecule has 0 saturated carbocycles. The topological polar surface area (TPSA) is 23.8 Å². The Balaban J connectivity index is 3.02. The fourth-order valence-electron chi connectivity index (χ4n) is 0.525. The van der Waals surface area contributed by atoms with Gasteiger partial charge in [0, 0.05) is 15.7 Å². The number of thiophene rings is 1. The third kappa shape index (κ3) is 1.26. The summed E-state index contributed by atoms with van der Waals surface area (Å²) >= 11 is 3.19. The first-order chi connectivity index (χ1) is 4.38. The summed E-state index contributed by atoms with van der Waals surface area (Å²) in [6.07, 6.45) is 1.98. The minimum Gasteiger partial charge on any atom is -0.192 e. The number of rotatable bonds is 1. The first kappa shape index (κ1) is 6.66. The Kier molecular flexibility index (Phi) is 2.15. The van der Waals surface area contributed by atoms with Crippen molar-refractivity contribution in [3.8, 4) is 6.07 Å². The monoisotopic (exact) mass is 155 g/mol. The van der Waals surface area contributed by atoms with Gasteiger partial charge >= 0.3 is 0 Å². The minimum atomic E-state index is 0.799. The molecule has 0 bridgehead atoms. The molecule has 0 aliphatic carbocycles. The maximum atomic E-state index is 8.48. The first-order valence-electron chi connectivity index (χ1n) is 2.38. The quantitative estimate of drug-likeness (QED) is 0.581. The zero-order valence-corrected chi connectivity index (χ0v) is 6.55. The average Bonchev–Trinajstić information content (AvgIpc) is 2.33. The highest BCUT2D eigenvalue weighted by molar-refractivity contribution is 7.98. The molecule has 46 valence electrons. The van der Waals surface area contributed by atoms with Crippen molar-refractivity contribution < 1.29 is 0 Å². The molecular formula is C6H5NS2. The predicted octanol–water partition coefficient (Wildman–Crippen LogP) is 2.34. The van der Waals surface area contributed by atoms with Gasteiger partial charge in [0.15, 0.2) is 0 Å². The van der Waals surface area contributed by atoms with Gasteiger partial charge < -0.3 is 0 Å². The van der Waals surface area contributed by atoms with Crippen LogP contribution in [0.2, 0.25) is 0 Å². The van der Waals surface area contributed by atoms with Crippen LogP contribution in [0.4, 0.5) is 0 Å². The molecule has 1 heterocycles. The van der Waals surface area contributed by atoms with Crippen LogP contribution in [0.25, 0.3) is 0 Å². The Bertz CT molecular complexity index is 233. The predicted molar refractivity (Wildman–Crippen MR) is 40.8 cm³/mol. The zero-order chi connectivity index (χ0) is 6.69. The second-order valence-corrected chi connectivity index (χ2v) is 3.06. The lowest BCUT2D eigenvalue weighted by Gasteiger charge is -1.85. The van der Waals surface area contributed by atoms with Gasteiger partial charge in [-0.25, -0.2) is 0 Å². The summed E-state index contributed by atoms with van der Waals surface area (Å²) in [7, 11) is 0. The van der Waals surface area contributed by atoms with Gasteiger partial charge in [-0.3, -0.25) is 0 Å². The standard InChI is InChI=1S/C6H5NS2/c1-8-6-4-9-3-5(6)2-7/h3-4H,1H3. The summed E-state index contributed by atoms with van der Waals surface area (Å²) in [6.45, 7) is 0. The lowest BCUT2D eigenvalue weighted by atomic mass is 10.4. The van der Waals surface area contributed by atoms with Crippen LogP contribution < -0.4 is 0 Å². The highest BCUT2D eigenvalue weighted by Gasteiger charge is 1.98. The van der Waals surface area contributed by atoms with Crippen molar-refractivity contribution >= 4 is 23.1 Å². The lowest BCUT2D eigenvalue weighted by molar-refractivity contribution is 1.44. The molecule has 0 aliphatic heterocycles. The van der Waals surface area contributed by atoms with E-state index in [1.807, 2.05) is 17.0 Å². The van der Waals surface area contributed by atoms with E-state index in [-0.39, 0.29) is 0 Å². The van der Waals surface area contributed by atoms with Gasteiger partial charge in [-0.15, -0.1) is 23.1 Å². The van der Waals surface area contributed by atoms with Crippen LogP contribution in [0.1, 0.15) is 5.56 Å². The number of nitrogens with zero attached hydrogens (tertiary/aromatic N) is 1. The van der Waals surface area contributed by atoms with Crippen molar-refractivity contribution in [1.29, 1.82) is 5.26 Å². The van der Waals surface area contributed by atoms with Crippen molar-refractivity contribution in [3.63, 3.8) is 0 Å². The molecule has 1 aromatic rings. The Morgan fingerprint density at radius 1 is 1.67 bits per heavy atom. The normalized spacial score (nSPS) is 8.89. The Labute approximate surface area is 62.3 Å². The number of thioether (sulfide) groups is 1. The maximum Gasteiger partial charge on any atom is 0.101 e. The van der Waals surface area contributed by atoms with Gasteiger partial charge in [-0.05, 0) is 6.26 Å². The van der Waals surface area contributed by atoms with Crippen molar-refractivity contribution in [2.24, 2.45) is 0 Å². The average molecular weight is 155 g/mol. The van der Waals surface area contributed by atoms with Gasteiger partial charge in [0.25, 0.3) is 0 Å². The molecule has 0 aromatic carbocycles. The van der Waals surface area contributed by atoms with Crippen LogP contribution in [-0.4, -0.2) is 6.26 Å². The van der Waals surface area contributed by atoms with Gasteiger partial charge in [-0.1, -0.05) is 0 Å². The van der Waals surface area contributed by atoms with E-state index >= 15 is 0 Å². The molecule has 0 N–H and O–H groups in total. The molecule has 0 spiro atoms. The number of hydrogen-bond acceptors (Lipinski definition) is 3. The second-order valence-electron chi connectivity index (χ2n) is 1.47. The van der Waals surface area contributed by atoms with E-state index in [0.717, 1.165) is 10.5 Å². The van der Waals surface area contributed by atoms with E-state index in [9.17, 15) is 0 Å². The summed E-state index contributed by atoms with van der Waals surface area (Å²) in [5.41, 5.74) is 0.799. The first-order valence-corrected chi connectivity index (χ1v) is 4.55. The number of nitriles is 1. The SMILES string of the molecule is CSc1cscc1C#N. The molecule has 0 unspecified atom stereocenters. The Morgan fingerprint density at radius 2 is 2.44 bits per heavy atom. The highest BCUT2D eigenvalue weighted by atomic mass is 32.2. The molecule has 0 fully saturated rings. The number of hydrogen-bond donors (Lipinski definition) is 0. The van der Waals surface area contributed by atoms with Crippen LogP contribution in [0.3, 0.4) is 0 Å². The van der Waals surface area contributed by atoms with Gasteiger partial charge in [-0.2, -0.15) is 5.26 Å². The van der Waals surface area contributed by atoms with Crippen molar-refractivity contribution in [1.82, 2.24) is 0 Å². The molecule has 0 radical (unpaired) electrons. The van der Waals surface area contributed by atoms with E-state index in [0.29, 0.717) is 0 Å². The fourth-order valence-corrected chi connectivity index (χ4v) is 2.11. The smallest absolute Gasteiger partial charge is 0.101 e. The van der Waals surface area contributed by atoms with E-state index in [4.69, 9.17) is 5.26 Å². The summed E-state index contributed by atoms with van der Waals surface area (Å²) < 4.78 is 0. The lowest BCUT2D eigenvalue weighted by Crippen LogP contribution is -1.67. The third-order valence-corrected chi connectivity index (χ3v) is 2.64. The molecule has 1 aromatic heterocycles. The zero-order valence-electron chi connectivity index (χ0n) is 4.92. The summed E-state index contributed by atoms with van der Waals surface area (Å²) in [5, 5.41) is 12.3. The van der Waals surface area contributed by atoms with Crippen LogP contribution in [-0.2, 0) is 0 Å². The van der Waals surface area contributed by atoms with Crippen molar-refractivity contribution in [3.05, 3.63) is 16.3 Å². The molecule has 9 heavy (non-hydrogen) atoms. The molecule has 1 nitrogen and oxygen atoms in total. The Hall–Kier alpha value is -0.460. The summed E-state index contributed by atoms with van der Waals surface area (Å²) in [6, 6.07) is 2.12. The van der Waals surface area contributed by atoms with E-state index in [1.165, 1.54) is 0 Å². The molecule has 0 amide bonds. The van der Waals surface area contributed by atoms with E-state index < -0.39 is 0 Å². The molecule has 0 atom stereocenters. The molecule has 1 rings (SSSR count). The van der Waals surface area contributed by atoms with Crippen molar-refractivity contribution in [2.75, 3.05) is 6.26 Å². The molecular weight excluding hydrogens is 150 g/mol. The molecule has 0 aliphatic rings. The van der Waals surface area contributed by atoms with Gasteiger partial charge in [0.2, 0.25) is 0 Å². The largest absolute Gasteiger partial charge is 0.192 e. The van der Waals surface area contributed by atoms with E-state index in [1.54, 1.807) is 23.1 Å². The van der Waals surface area contributed by atoms with Crippen LogP contribution in [0, 0.1) is 11.3 Å². The van der Waals surface area contributed by atoms with Crippen LogP contribution in [0.15, 0.2) is 15.7 Å². The fraction of sp³-hybridized carbons (Fsp3) is 0.167. The van der Waals surface area contributed by atoms with Gasteiger partial charge in [0.1, 0.15) is 6.07 Å². The molecule has 3 heteroatoms. The maximum absolute atomic E-state index is 8.48. The summed E-state index contributed by atoms with van der Waals surface area (Å²) in [5.74, 6) is 0. The third-order valence-electron chi connectivity index (χ3n) is 0.967. The second kappa shape index (κ2) is 2.90. The van der Waals surface area contributed by atoms with E-state index in [2.05, 4.69) is 6.07 Å². The highest BCUT2D eigenvalue weighted by Crippen LogP contribution is 2.22. The Morgan fingerprint density at radius 3 is 2.89 bits per heavy atom. The molecule has 0 saturated heterocycles.